The number of nitrogens with two attached hydrogens (primary N) is 1. The molecule has 5 heteroatoms. The van der Waals surface area contributed by atoms with E-state index in [9.17, 15) is 0 Å². The Bertz CT molecular complexity index is 630. The molecule has 3 rings (SSSR count). The number of hydrogen-bond donors (Lipinski definition) is 2. The second-order valence-electron chi connectivity index (χ2n) is 5.74. The van der Waals surface area contributed by atoms with E-state index in [1.165, 1.54) is 16.8 Å². The van der Waals surface area contributed by atoms with Crippen LogP contribution in [-0.2, 0) is 0 Å². The van der Waals surface area contributed by atoms with Crippen LogP contribution >= 0.6 is 0 Å². The van der Waals surface area contributed by atoms with Gasteiger partial charge in [-0.2, -0.15) is 0 Å². The molecule has 1 aliphatic heterocycles. The number of rotatable bonds is 3. The molecule has 0 saturated carbocycles. The van der Waals surface area contributed by atoms with E-state index in [0.29, 0.717) is 0 Å². The van der Waals surface area contributed by atoms with Crippen LogP contribution in [0.5, 0.6) is 0 Å². The summed E-state index contributed by atoms with van der Waals surface area (Å²) in [7, 11) is 0. The molecule has 22 heavy (non-hydrogen) atoms. The fraction of sp³-hybridized carbons (Fsp3) is 0.353. The first-order chi connectivity index (χ1) is 10.7. The number of piperazine rings is 1. The Kier molecular flexibility index (Phi) is 4.15. The van der Waals surface area contributed by atoms with Crippen molar-refractivity contribution >= 4 is 17.2 Å². The topological polar surface area (TPSA) is 57.4 Å². The zero-order chi connectivity index (χ0) is 15.5. The van der Waals surface area contributed by atoms with Crippen LogP contribution in [0.2, 0.25) is 0 Å². The molecule has 1 saturated heterocycles. The fourth-order valence-electron chi connectivity index (χ4n) is 2.91. The summed E-state index contributed by atoms with van der Waals surface area (Å²) >= 11 is 0. The van der Waals surface area contributed by atoms with Crippen molar-refractivity contribution in [2.45, 2.75) is 13.8 Å². The molecule has 0 atom stereocenters. The van der Waals surface area contributed by atoms with Gasteiger partial charge in [-0.25, -0.2) is 4.98 Å². The van der Waals surface area contributed by atoms with Crippen LogP contribution in [0.15, 0.2) is 36.5 Å². The number of pyridine rings is 1. The molecule has 0 bridgehead atoms. The van der Waals surface area contributed by atoms with Crippen molar-refractivity contribution < 1.29 is 0 Å². The van der Waals surface area contributed by atoms with Crippen LogP contribution in [0.3, 0.4) is 0 Å². The molecule has 1 fully saturated rings. The summed E-state index contributed by atoms with van der Waals surface area (Å²) in [6.07, 6.45) is 1.77. The van der Waals surface area contributed by atoms with E-state index in [-0.39, 0.29) is 0 Å². The Labute approximate surface area is 131 Å². The van der Waals surface area contributed by atoms with Gasteiger partial charge in [0.2, 0.25) is 0 Å². The van der Waals surface area contributed by atoms with Crippen molar-refractivity contribution in [3.05, 3.63) is 47.7 Å². The fourth-order valence-corrected chi connectivity index (χ4v) is 2.91. The summed E-state index contributed by atoms with van der Waals surface area (Å²) < 4.78 is 0. The molecule has 1 aromatic heterocycles. The van der Waals surface area contributed by atoms with Crippen LogP contribution in [0.1, 0.15) is 11.1 Å². The third-order valence-electron chi connectivity index (χ3n) is 4.43. The Balaban J connectivity index is 1.68. The van der Waals surface area contributed by atoms with Crippen LogP contribution in [-0.4, -0.2) is 31.2 Å². The number of hydrazine groups is 1. The van der Waals surface area contributed by atoms with Crippen LogP contribution in [0.4, 0.5) is 17.2 Å². The standard InChI is InChI=1S/C17H23N5/c1-13-4-3-5-16(14(13)2)21-8-10-22(11-9-21)17-7-6-15(20-18)12-19-17/h3-7,12,20H,8-11,18H2,1-2H3. The molecule has 5 nitrogen and oxygen atoms in total. The minimum atomic E-state index is 0.831. The summed E-state index contributed by atoms with van der Waals surface area (Å²) in [5, 5.41) is 0. The zero-order valence-electron chi connectivity index (χ0n) is 13.2. The first-order valence-electron chi connectivity index (χ1n) is 7.68. The number of hydrogen-bond acceptors (Lipinski definition) is 5. The molecule has 2 aromatic rings. The van der Waals surface area contributed by atoms with Crippen molar-refractivity contribution in [2.24, 2.45) is 5.84 Å². The lowest BCUT2D eigenvalue weighted by atomic mass is 10.1. The van der Waals surface area contributed by atoms with Crippen molar-refractivity contribution in [2.75, 3.05) is 41.4 Å². The lowest BCUT2D eigenvalue weighted by molar-refractivity contribution is 0.646. The van der Waals surface area contributed by atoms with Crippen molar-refractivity contribution in [3.63, 3.8) is 0 Å². The van der Waals surface area contributed by atoms with Crippen molar-refractivity contribution in [3.8, 4) is 0 Å². The number of aryl methyl sites for hydroxylation is 1. The molecule has 0 spiro atoms. The van der Waals surface area contributed by atoms with E-state index in [1.807, 2.05) is 12.1 Å². The summed E-state index contributed by atoms with van der Waals surface area (Å²) in [5.74, 6) is 6.39. The van der Waals surface area contributed by atoms with E-state index in [0.717, 1.165) is 37.7 Å². The van der Waals surface area contributed by atoms with Gasteiger partial charge in [0, 0.05) is 31.9 Å². The average Bonchev–Trinajstić information content (AvgIpc) is 2.58. The highest BCUT2D eigenvalue weighted by atomic mass is 15.3. The smallest absolute Gasteiger partial charge is 0.128 e. The van der Waals surface area contributed by atoms with Gasteiger partial charge in [-0.15, -0.1) is 0 Å². The van der Waals surface area contributed by atoms with Gasteiger partial charge < -0.3 is 15.2 Å². The quantitative estimate of drug-likeness (QED) is 0.672. The molecule has 1 aromatic carbocycles. The predicted molar refractivity (Wildman–Crippen MR) is 92.4 cm³/mol. The molecule has 0 unspecified atom stereocenters. The maximum absolute atomic E-state index is 5.38. The number of nitrogens with one attached hydrogen (secondary N) is 1. The average molecular weight is 297 g/mol. The maximum atomic E-state index is 5.38. The molecule has 3 N–H and O–H groups in total. The highest BCUT2D eigenvalue weighted by Gasteiger charge is 2.19. The van der Waals surface area contributed by atoms with Gasteiger partial charge >= 0.3 is 0 Å². The summed E-state index contributed by atoms with van der Waals surface area (Å²) in [6, 6.07) is 10.5. The van der Waals surface area contributed by atoms with Crippen molar-refractivity contribution in [1.82, 2.24) is 4.98 Å². The molecular weight excluding hydrogens is 274 g/mol. The molecule has 0 aliphatic carbocycles. The number of aromatic nitrogens is 1. The number of benzene rings is 1. The highest BCUT2D eigenvalue weighted by Crippen LogP contribution is 2.25. The van der Waals surface area contributed by atoms with Gasteiger partial charge in [0.25, 0.3) is 0 Å². The molecule has 0 radical (unpaired) electrons. The second kappa shape index (κ2) is 6.23. The third kappa shape index (κ3) is 2.85. The monoisotopic (exact) mass is 297 g/mol. The first kappa shape index (κ1) is 14.7. The van der Waals surface area contributed by atoms with Gasteiger partial charge in [-0.05, 0) is 43.2 Å². The minimum Gasteiger partial charge on any atom is -0.368 e. The molecule has 2 heterocycles. The summed E-state index contributed by atoms with van der Waals surface area (Å²) in [6.45, 7) is 8.38. The maximum Gasteiger partial charge on any atom is 0.128 e. The summed E-state index contributed by atoms with van der Waals surface area (Å²) in [4.78, 5) is 9.26. The van der Waals surface area contributed by atoms with E-state index in [2.05, 4.69) is 52.3 Å². The highest BCUT2D eigenvalue weighted by molar-refractivity contribution is 5.57. The number of nitrogens with zero attached hydrogens (tertiary/aromatic N) is 3. The second-order valence-corrected chi connectivity index (χ2v) is 5.74. The molecule has 116 valence electrons. The van der Waals surface area contributed by atoms with E-state index < -0.39 is 0 Å². The predicted octanol–water partition coefficient (Wildman–Crippen LogP) is 2.31. The van der Waals surface area contributed by atoms with Crippen LogP contribution in [0.25, 0.3) is 0 Å². The molecule has 0 amide bonds. The summed E-state index contributed by atoms with van der Waals surface area (Å²) in [5.41, 5.74) is 7.53. The number of anilines is 3. The normalized spacial score (nSPS) is 15.0. The Morgan fingerprint density at radius 3 is 2.36 bits per heavy atom. The van der Waals surface area contributed by atoms with Gasteiger partial charge in [-0.1, -0.05) is 12.1 Å². The SMILES string of the molecule is Cc1cccc(N2CCN(c3ccc(NN)cn3)CC2)c1C. The lowest BCUT2D eigenvalue weighted by Gasteiger charge is -2.37. The molecular formula is C17H23N5. The minimum absolute atomic E-state index is 0.831. The lowest BCUT2D eigenvalue weighted by Crippen LogP contribution is -2.47. The number of nitrogen functional groups attached to an aromatic ring is 1. The van der Waals surface area contributed by atoms with Crippen molar-refractivity contribution in [1.29, 1.82) is 0 Å². The first-order valence-corrected chi connectivity index (χ1v) is 7.68. The van der Waals surface area contributed by atoms with Gasteiger partial charge in [0.1, 0.15) is 5.82 Å². The molecule has 1 aliphatic rings. The van der Waals surface area contributed by atoms with Gasteiger partial charge in [0.15, 0.2) is 0 Å². The van der Waals surface area contributed by atoms with Crippen LogP contribution in [0, 0.1) is 13.8 Å². The Morgan fingerprint density at radius 1 is 1.00 bits per heavy atom. The van der Waals surface area contributed by atoms with E-state index in [4.69, 9.17) is 5.84 Å². The zero-order valence-corrected chi connectivity index (χ0v) is 13.2. The Morgan fingerprint density at radius 2 is 1.73 bits per heavy atom. The van der Waals surface area contributed by atoms with E-state index >= 15 is 0 Å². The van der Waals surface area contributed by atoms with E-state index in [1.54, 1.807) is 6.20 Å². The third-order valence-corrected chi connectivity index (χ3v) is 4.43. The Hall–Kier alpha value is -2.27. The largest absolute Gasteiger partial charge is 0.368 e. The van der Waals surface area contributed by atoms with Gasteiger partial charge in [-0.3, -0.25) is 5.84 Å². The van der Waals surface area contributed by atoms with Crippen LogP contribution < -0.4 is 21.1 Å². The van der Waals surface area contributed by atoms with Gasteiger partial charge in [0.05, 0.1) is 11.9 Å².